The molecule has 2 aromatic carbocycles. The zero-order valence-corrected chi connectivity index (χ0v) is 18.7. The van der Waals surface area contributed by atoms with Gasteiger partial charge in [-0.3, -0.25) is 9.59 Å². The van der Waals surface area contributed by atoms with Crippen LogP contribution in [0.1, 0.15) is 20.8 Å². The van der Waals surface area contributed by atoms with Crippen LogP contribution in [0.2, 0.25) is 0 Å². The number of carbonyl (C=O) groups excluding carboxylic acids is 2. The molecule has 0 radical (unpaired) electrons. The van der Waals surface area contributed by atoms with Crippen molar-refractivity contribution >= 4 is 23.2 Å². The molecule has 1 aliphatic rings. The van der Waals surface area contributed by atoms with Crippen molar-refractivity contribution < 1.29 is 19.1 Å². The minimum Gasteiger partial charge on any atom is -0.497 e. The lowest BCUT2D eigenvalue weighted by Gasteiger charge is -2.38. The topological polar surface area (TPSA) is 71.1 Å². The Hall–Kier alpha value is -3.22. The fourth-order valence-corrected chi connectivity index (χ4v) is 3.42. The third kappa shape index (κ3) is 6.13. The molecule has 2 aromatic rings. The number of methoxy groups -OCH3 is 1. The average Bonchev–Trinajstić information content (AvgIpc) is 2.77. The first kappa shape index (κ1) is 22.5. The van der Waals surface area contributed by atoms with Gasteiger partial charge in [-0.1, -0.05) is 20.8 Å². The van der Waals surface area contributed by atoms with Crippen molar-refractivity contribution in [2.75, 3.05) is 50.1 Å². The Labute approximate surface area is 183 Å². The Morgan fingerprint density at radius 1 is 0.903 bits per heavy atom. The molecular weight excluding hydrogens is 394 g/mol. The van der Waals surface area contributed by atoms with Crippen molar-refractivity contribution in [2.45, 2.75) is 20.8 Å². The van der Waals surface area contributed by atoms with E-state index in [1.54, 1.807) is 31.4 Å². The molecule has 7 nitrogen and oxygen atoms in total. The predicted octanol–water partition coefficient (Wildman–Crippen LogP) is 3.41. The molecule has 0 spiro atoms. The van der Waals surface area contributed by atoms with E-state index >= 15 is 0 Å². The third-order valence-corrected chi connectivity index (χ3v) is 5.15. The minimum absolute atomic E-state index is 0.0716. The number of nitrogens with zero attached hydrogens (tertiary/aromatic N) is 2. The van der Waals surface area contributed by atoms with Crippen LogP contribution >= 0.6 is 0 Å². The van der Waals surface area contributed by atoms with Gasteiger partial charge in [-0.2, -0.15) is 0 Å². The van der Waals surface area contributed by atoms with Crippen molar-refractivity contribution in [2.24, 2.45) is 5.41 Å². The lowest BCUT2D eigenvalue weighted by molar-refractivity contribution is -0.139. The summed E-state index contributed by atoms with van der Waals surface area (Å²) < 4.78 is 10.6. The summed E-state index contributed by atoms with van der Waals surface area (Å²) in [6.07, 6.45) is 0. The second-order valence-electron chi connectivity index (χ2n) is 8.59. The van der Waals surface area contributed by atoms with E-state index in [9.17, 15) is 9.59 Å². The van der Waals surface area contributed by atoms with Crippen LogP contribution in [-0.4, -0.2) is 56.6 Å². The third-order valence-electron chi connectivity index (χ3n) is 5.15. The maximum Gasteiger partial charge on any atom is 0.262 e. The van der Waals surface area contributed by atoms with Crippen LogP contribution in [0.25, 0.3) is 0 Å². The predicted molar refractivity (Wildman–Crippen MR) is 122 cm³/mol. The van der Waals surface area contributed by atoms with Gasteiger partial charge in [-0.25, -0.2) is 0 Å². The summed E-state index contributed by atoms with van der Waals surface area (Å²) in [5.41, 5.74) is 1.45. The quantitative estimate of drug-likeness (QED) is 0.768. The first-order valence-electron chi connectivity index (χ1n) is 10.5. The van der Waals surface area contributed by atoms with Crippen molar-refractivity contribution in [3.63, 3.8) is 0 Å². The van der Waals surface area contributed by atoms with Crippen LogP contribution in [0.3, 0.4) is 0 Å². The van der Waals surface area contributed by atoms with Crippen LogP contribution in [-0.2, 0) is 9.59 Å². The van der Waals surface area contributed by atoms with Crippen LogP contribution < -0.4 is 19.7 Å². The minimum atomic E-state index is -0.348. The molecule has 1 saturated heterocycles. The maximum atomic E-state index is 12.4. The second kappa shape index (κ2) is 9.73. The molecule has 31 heavy (non-hydrogen) atoms. The van der Waals surface area contributed by atoms with Gasteiger partial charge in [0.1, 0.15) is 11.5 Å². The summed E-state index contributed by atoms with van der Waals surface area (Å²) >= 11 is 0. The number of hydrogen-bond donors (Lipinski definition) is 1. The molecule has 1 aliphatic heterocycles. The van der Waals surface area contributed by atoms with E-state index in [1.165, 1.54) is 0 Å². The highest BCUT2D eigenvalue weighted by Gasteiger charge is 2.29. The number of ether oxygens (including phenoxy) is 2. The number of rotatable bonds is 6. The standard InChI is InChI=1S/C24H31N3O4/c1-24(2,3)23(29)27-15-13-26(14-16-27)19-7-5-18(6-8-19)25-22(28)17-31-21-11-9-20(30-4)10-12-21/h5-12H,13-17H2,1-4H3,(H,25,28). The number of benzene rings is 2. The van der Waals surface area contributed by atoms with Gasteiger partial charge in [0.15, 0.2) is 6.61 Å². The number of hydrogen-bond acceptors (Lipinski definition) is 5. The molecule has 1 heterocycles. The second-order valence-corrected chi connectivity index (χ2v) is 8.59. The van der Waals surface area contributed by atoms with Gasteiger partial charge in [0.2, 0.25) is 5.91 Å². The monoisotopic (exact) mass is 425 g/mol. The molecule has 0 aromatic heterocycles. The van der Waals surface area contributed by atoms with E-state index in [4.69, 9.17) is 9.47 Å². The normalized spacial score (nSPS) is 14.2. The Morgan fingerprint density at radius 2 is 1.48 bits per heavy atom. The Bertz CT molecular complexity index is 881. The van der Waals surface area contributed by atoms with Gasteiger partial charge in [0.25, 0.3) is 5.91 Å². The lowest BCUT2D eigenvalue weighted by Crippen LogP contribution is -2.51. The highest BCUT2D eigenvalue weighted by molar-refractivity contribution is 5.92. The summed E-state index contributed by atoms with van der Waals surface area (Å²) in [5, 5.41) is 2.84. The number of anilines is 2. The van der Waals surface area contributed by atoms with Crippen molar-refractivity contribution in [3.05, 3.63) is 48.5 Å². The molecule has 0 bridgehead atoms. The summed E-state index contributed by atoms with van der Waals surface area (Å²) in [5.74, 6) is 1.31. The van der Waals surface area contributed by atoms with E-state index in [0.717, 1.165) is 37.6 Å². The Morgan fingerprint density at radius 3 is 2.03 bits per heavy atom. The molecule has 3 rings (SSSR count). The van der Waals surface area contributed by atoms with Crippen LogP contribution in [0.15, 0.2) is 48.5 Å². The number of piperazine rings is 1. The highest BCUT2D eigenvalue weighted by Crippen LogP contribution is 2.23. The molecule has 166 valence electrons. The zero-order chi connectivity index (χ0) is 22.4. The van der Waals surface area contributed by atoms with Gasteiger partial charge in [0.05, 0.1) is 7.11 Å². The first-order valence-corrected chi connectivity index (χ1v) is 10.5. The molecule has 1 fully saturated rings. The van der Waals surface area contributed by atoms with E-state index in [0.29, 0.717) is 11.4 Å². The van der Waals surface area contributed by atoms with Crippen molar-refractivity contribution in [1.29, 1.82) is 0 Å². The SMILES string of the molecule is COc1ccc(OCC(=O)Nc2ccc(N3CCN(C(=O)C(C)(C)C)CC3)cc2)cc1. The van der Waals surface area contributed by atoms with Crippen LogP contribution in [0.5, 0.6) is 11.5 Å². The number of amides is 2. The summed E-state index contributed by atoms with van der Waals surface area (Å²) in [6, 6.07) is 14.8. The summed E-state index contributed by atoms with van der Waals surface area (Å²) in [7, 11) is 1.60. The maximum absolute atomic E-state index is 12.4. The Balaban J connectivity index is 1.46. The average molecular weight is 426 g/mol. The van der Waals surface area contributed by atoms with E-state index in [2.05, 4.69) is 10.2 Å². The molecule has 0 unspecified atom stereocenters. The fourth-order valence-electron chi connectivity index (χ4n) is 3.42. The largest absolute Gasteiger partial charge is 0.497 e. The molecule has 0 saturated carbocycles. The van der Waals surface area contributed by atoms with Crippen LogP contribution in [0.4, 0.5) is 11.4 Å². The van der Waals surface area contributed by atoms with Gasteiger partial charge in [-0.15, -0.1) is 0 Å². The molecular formula is C24H31N3O4. The summed E-state index contributed by atoms with van der Waals surface area (Å²) in [6.45, 7) is 8.82. The van der Waals surface area contributed by atoms with Gasteiger partial charge in [0, 0.05) is 43.0 Å². The molecule has 7 heteroatoms. The molecule has 1 N–H and O–H groups in total. The summed E-state index contributed by atoms with van der Waals surface area (Å²) in [4.78, 5) is 28.8. The zero-order valence-electron chi connectivity index (χ0n) is 18.7. The number of nitrogens with one attached hydrogen (secondary N) is 1. The first-order chi connectivity index (χ1) is 14.8. The lowest BCUT2D eigenvalue weighted by atomic mass is 9.94. The van der Waals surface area contributed by atoms with E-state index in [-0.39, 0.29) is 23.8 Å². The van der Waals surface area contributed by atoms with Crippen LogP contribution in [0, 0.1) is 5.41 Å². The number of carbonyl (C=O) groups is 2. The van der Waals surface area contributed by atoms with Crippen molar-refractivity contribution in [1.82, 2.24) is 4.90 Å². The molecule has 0 aliphatic carbocycles. The van der Waals surface area contributed by atoms with Gasteiger partial charge < -0.3 is 24.6 Å². The molecule has 2 amide bonds. The van der Waals surface area contributed by atoms with E-state index < -0.39 is 0 Å². The highest BCUT2D eigenvalue weighted by atomic mass is 16.5. The van der Waals surface area contributed by atoms with Gasteiger partial charge >= 0.3 is 0 Å². The Kier molecular flexibility index (Phi) is 7.05. The van der Waals surface area contributed by atoms with Gasteiger partial charge in [-0.05, 0) is 48.5 Å². The smallest absolute Gasteiger partial charge is 0.262 e. The van der Waals surface area contributed by atoms with Crippen molar-refractivity contribution in [3.8, 4) is 11.5 Å². The molecule has 0 atom stereocenters. The fraction of sp³-hybridized carbons (Fsp3) is 0.417. The van der Waals surface area contributed by atoms with E-state index in [1.807, 2.05) is 49.9 Å².